The Hall–Kier alpha value is -2.36. The highest BCUT2D eigenvalue weighted by molar-refractivity contribution is 6.02. The Morgan fingerprint density at radius 1 is 1.36 bits per heavy atom. The number of rotatable bonds is 4. The highest BCUT2D eigenvalue weighted by Gasteiger charge is 2.36. The fourth-order valence-corrected chi connectivity index (χ4v) is 2.44. The van der Waals surface area contributed by atoms with Crippen molar-refractivity contribution in [2.75, 3.05) is 5.32 Å². The molecule has 1 aromatic heterocycles. The zero-order valence-electron chi connectivity index (χ0n) is 12.6. The fraction of sp³-hybridized carbons (Fsp3) is 0.278. The van der Waals surface area contributed by atoms with Gasteiger partial charge in [0.05, 0.1) is 0 Å². The number of aryl methyl sites for hydroxylation is 1. The minimum atomic E-state index is -0.376. The SMILES string of the molecule is Cc1ccc(F)cc1NC(=O)/C=C/c1ccc([C@H]2C[C@H]2C)o1. The van der Waals surface area contributed by atoms with Crippen LogP contribution in [0.15, 0.2) is 40.8 Å². The van der Waals surface area contributed by atoms with Crippen molar-refractivity contribution in [1.29, 1.82) is 0 Å². The van der Waals surface area contributed by atoms with Crippen LogP contribution in [-0.4, -0.2) is 5.91 Å². The van der Waals surface area contributed by atoms with Crippen LogP contribution >= 0.6 is 0 Å². The van der Waals surface area contributed by atoms with Crippen LogP contribution in [0.2, 0.25) is 0 Å². The van der Waals surface area contributed by atoms with Crippen molar-refractivity contribution in [2.45, 2.75) is 26.2 Å². The Morgan fingerprint density at radius 3 is 2.86 bits per heavy atom. The van der Waals surface area contributed by atoms with Crippen molar-refractivity contribution in [3.8, 4) is 0 Å². The minimum Gasteiger partial charge on any atom is -0.461 e. The van der Waals surface area contributed by atoms with Gasteiger partial charge >= 0.3 is 0 Å². The lowest BCUT2D eigenvalue weighted by molar-refractivity contribution is -0.111. The summed E-state index contributed by atoms with van der Waals surface area (Å²) in [6.07, 6.45) is 4.18. The summed E-state index contributed by atoms with van der Waals surface area (Å²) < 4.78 is 18.9. The molecule has 1 aliphatic rings. The van der Waals surface area contributed by atoms with Gasteiger partial charge in [-0.2, -0.15) is 0 Å². The van der Waals surface area contributed by atoms with Crippen molar-refractivity contribution >= 4 is 17.7 Å². The van der Waals surface area contributed by atoms with Gasteiger partial charge in [0.25, 0.3) is 0 Å². The zero-order valence-corrected chi connectivity index (χ0v) is 12.6. The highest BCUT2D eigenvalue weighted by atomic mass is 19.1. The molecule has 2 atom stereocenters. The van der Waals surface area contributed by atoms with Crippen molar-refractivity contribution in [3.63, 3.8) is 0 Å². The molecule has 4 heteroatoms. The molecule has 0 spiro atoms. The Balaban J connectivity index is 1.63. The predicted molar refractivity (Wildman–Crippen MR) is 84.0 cm³/mol. The number of furan rings is 1. The molecule has 1 aliphatic carbocycles. The quantitative estimate of drug-likeness (QED) is 0.844. The second kappa shape index (κ2) is 5.79. The number of carbonyl (C=O) groups is 1. The Labute approximate surface area is 128 Å². The molecule has 1 saturated carbocycles. The van der Waals surface area contributed by atoms with Crippen LogP contribution in [0, 0.1) is 18.7 Å². The molecule has 114 valence electrons. The third kappa shape index (κ3) is 3.27. The largest absolute Gasteiger partial charge is 0.461 e. The molecule has 3 nitrogen and oxygen atoms in total. The summed E-state index contributed by atoms with van der Waals surface area (Å²) in [5.74, 6) is 2.15. The fourth-order valence-electron chi connectivity index (χ4n) is 2.44. The van der Waals surface area contributed by atoms with E-state index in [-0.39, 0.29) is 11.7 Å². The summed E-state index contributed by atoms with van der Waals surface area (Å²) in [5.41, 5.74) is 1.28. The van der Waals surface area contributed by atoms with Gasteiger partial charge in [-0.25, -0.2) is 4.39 Å². The van der Waals surface area contributed by atoms with E-state index in [9.17, 15) is 9.18 Å². The number of anilines is 1. The molecule has 1 heterocycles. The number of halogens is 1. The van der Waals surface area contributed by atoms with Crippen LogP contribution in [0.3, 0.4) is 0 Å². The van der Waals surface area contributed by atoms with E-state index in [1.165, 1.54) is 18.2 Å². The second-order valence-corrected chi connectivity index (χ2v) is 5.84. The lowest BCUT2D eigenvalue weighted by Crippen LogP contribution is -2.09. The average molecular weight is 299 g/mol. The molecule has 2 aromatic rings. The van der Waals surface area contributed by atoms with Crippen molar-refractivity contribution < 1.29 is 13.6 Å². The van der Waals surface area contributed by atoms with Crippen molar-refractivity contribution in [2.24, 2.45) is 5.92 Å². The molecule has 3 rings (SSSR count). The summed E-state index contributed by atoms with van der Waals surface area (Å²) in [6.45, 7) is 4.01. The number of nitrogens with one attached hydrogen (secondary N) is 1. The molecule has 0 aliphatic heterocycles. The monoisotopic (exact) mass is 299 g/mol. The first-order valence-corrected chi connectivity index (χ1v) is 7.38. The van der Waals surface area contributed by atoms with Gasteiger partial charge < -0.3 is 9.73 Å². The number of amides is 1. The molecule has 0 bridgehead atoms. The predicted octanol–water partition coefficient (Wildman–Crippen LogP) is 4.50. The summed E-state index contributed by atoms with van der Waals surface area (Å²) in [4.78, 5) is 11.9. The zero-order chi connectivity index (χ0) is 15.7. The van der Waals surface area contributed by atoms with E-state index in [2.05, 4.69) is 12.2 Å². The summed E-state index contributed by atoms with van der Waals surface area (Å²) in [5, 5.41) is 2.66. The minimum absolute atomic E-state index is 0.313. The van der Waals surface area contributed by atoms with E-state index in [1.54, 1.807) is 12.1 Å². The molecule has 0 saturated heterocycles. The maximum Gasteiger partial charge on any atom is 0.248 e. The van der Waals surface area contributed by atoms with Gasteiger partial charge in [0.2, 0.25) is 5.91 Å². The van der Waals surface area contributed by atoms with Gasteiger partial charge in [0.1, 0.15) is 17.3 Å². The molecule has 1 amide bonds. The molecule has 0 unspecified atom stereocenters. The smallest absolute Gasteiger partial charge is 0.248 e. The van der Waals surface area contributed by atoms with E-state index >= 15 is 0 Å². The van der Waals surface area contributed by atoms with Crippen molar-refractivity contribution in [1.82, 2.24) is 0 Å². The van der Waals surface area contributed by atoms with Gasteiger partial charge in [0.15, 0.2) is 0 Å². The molecule has 0 radical (unpaired) electrons. The van der Waals surface area contributed by atoms with Gasteiger partial charge in [-0.3, -0.25) is 4.79 Å². The number of benzene rings is 1. The van der Waals surface area contributed by atoms with Gasteiger partial charge in [-0.15, -0.1) is 0 Å². The van der Waals surface area contributed by atoms with Gasteiger partial charge in [-0.05, 0) is 55.2 Å². The maximum absolute atomic E-state index is 13.2. The molecular formula is C18H18FNO2. The Bertz CT molecular complexity index is 732. The normalized spacial score (nSPS) is 20.3. The van der Waals surface area contributed by atoms with Gasteiger partial charge in [-0.1, -0.05) is 13.0 Å². The van der Waals surface area contributed by atoms with Crippen LogP contribution in [0.25, 0.3) is 6.08 Å². The van der Waals surface area contributed by atoms with Crippen LogP contribution in [0.4, 0.5) is 10.1 Å². The standard InChI is InChI=1S/C18H18FNO2/c1-11-3-4-13(19)10-16(11)20-18(21)8-6-14-5-7-17(22-14)15-9-12(15)2/h3-8,10,12,15H,9H2,1-2H3,(H,20,21)/b8-6+/t12-,15+/m1/s1. The summed E-state index contributed by atoms with van der Waals surface area (Å²) in [7, 11) is 0. The number of carbonyl (C=O) groups excluding carboxylic acids is 1. The first-order chi connectivity index (χ1) is 10.5. The first kappa shape index (κ1) is 14.6. The molecule has 1 N–H and O–H groups in total. The highest BCUT2D eigenvalue weighted by Crippen LogP contribution is 2.47. The summed E-state index contributed by atoms with van der Waals surface area (Å²) in [6, 6.07) is 8.12. The topological polar surface area (TPSA) is 42.2 Å². The third-order valence-corrected chi connectivity index (χ3v) is 3.98. The lowest BCUT2D eigenvalue weighted by atomic mass is 10.2. The van der Waals surface area contributed by atoms with Crippen LogP contribution in [-0.2, 0) is 4.79 Å². The van der Waals surface area contributed by atoms with Crippen LogP contribution in [0.1, 0.15) is 36.3 Å². The van der Waals surface area contributed by atoms with Crippen molar-refractivity contribution in [3.05, 3.63) is 59.3 Å². The van der Waals surface area contributed by atoms with E-state index < -0.39 is 0 Å². The van der Waals surface area contributed by atoms with E-state index in [1.807, 2.05) is 19.1 Å². The number of hydrogen-bond donors (Lipinski definition) is 1. The third-order valence-electron chi connectivity index (χ3n) is 3.98. The molecule has 22 heavy (non-hydrogen) atoms. The number of hydrogen-bond acceptors (Lipinski definition) is 2. The molecule has 1 aromatic carbocycles. The maximum atomic E-state index is 13.2. The Kier molecular flexibility index (Phi) is 3.84. The lowest BCUT2D eigenvalue weighted by Gasteiger charge is -2.05. The average Bonchev–Trinajstić information content (AvgIpc) is 3.02. The first-order valence-electron chi connectivity index (χ1n) is 7.38. The summed E-state index contributed by atoms with van der Waals surface area (Å²) >= 11 is 0. The van der Waals surface area contributed by atoms with E-state index in [0.717, 1.165) is 17.7 Å². The van der Waals surface area contributed by atoms with E-state index in [0.29, 0.717) is 23.3 Å². The van der Waals surface area contributed by atoms with Gasteiger partial charge in [0, 0.05) is 17.7 Å². The Morgan fingerprint density at radius 2 is 2.14 bits per heavy atom. The van der Waals surface area contributed by atoms with Crippen LogP contribution in [0.5, 0.6) is 0 Å². The second-order valence-electron chi connectivity index (χ2n) is 5.84. The van der Waals surface area contributed by atoms with Crippen LogP contribution < -0.4 is 5.32 Å². The molecule has 1 fully saturated rings. The molecular weight excluding hydrogens is 281 g/mol. The van der Waals surface area contributed by atoms with E-state index in [4.69, 9.17) is 4.42 Å².